The summed E-state index contributed by atoms with van der Waals surface area (Å²) in [6.07, 6.45) is -2.58. The van der Waals surface area contributed by atoms with E-state index in [-0.39, 0.29) is 23.6 Å². The summed E-state index contributed by atoms with van der Waals surface area (Å²) < 4.78 is 43.6. The zero-order valence-electron chi connectivity index (χ0n) is 10.6. The zero-order chi connectivity index (χ0) is 14.0. The Hall–Kier alpha value is -1.43. The molecule has 1 aliphatic rings. The van der Waals surface area contributed by atoms with Gasteiger partial charge in [0.25, 0.3) is 0 Å². The van der Waals surface area contributed by atoms with Gasteiger partial charge in [0.05, 0.1) is 5.56 Å². The normalized spacial score (nSPS) is 21.4. The van der Waals surface area contributed by atoms with Gasteiger partial charge in [0.15, 0.2) is 0 Å². The fraction of sp³-hybridized carbons (Fsp3) is 0.538. The lowest BCUT2D eigenvalue weighted by atomic mass is 10.1. The van der Waals surface area contributed by atoms with E-state index >= 15 is 0 Å². The summed E-state index contributed by atoms with van der Waals surface area (Å²) in [6, 6.07) is 3.49. The average molecular weight is 274 g/mol. The van der Waals surface area contributed by atoms with Crippen LogP contribution in [-0.2, 0) is 6.18 Å². The first-order valence-electron chi connectivity index (χ1n) is 6.24. The van der Waals surface area contributed by atoms with Crippen LogP contribution in [0.15, 0.2) is 18.2 Å². The molecule has 2 rings (SSSR count). The highest BCUT2D eigenvalue weighted by atomic mass is 19.4. The number of alkyl halides is 3. The number of nitrogen functional groups attached to an aromatic ring is 1. The van der Waals surface area contributed by atoms with Gasteiger partial charge in [-0.1, -0.05) is 0 Å². The number of rotatable bonds is 3. The lowest BCUT2D eigenvalue weighted by molar-refractivity contribution is -0.137. The molecule has 1 aromatic rings. The monoisotopic (exact) mass is 274 g/mol. The van der Waals surface area contributed by atoms with Crippen LogP contribution in [0.5, 0.6) is 5.75 Å². The molecule has 1 saturated heterocycles. The van der Waals surface area contributed by atoms with E-state index < -0.39 is 11.7 Å². The molecule has 0 bridgehead atoms. The molecule has 0 spiro atoms. The number of hydrogen-bond donors (Lipinski definition) is 2. The number of nitrogens with two attached hydrogens (primary N) is 1. The molecule has 3 nitrogen and oxygen atoms in total. The number of nitrogens with one attached hydrogen (secondary N) is 1. The van der Waals surface area contributed by atoms with Crippen molar-refractivity contribution in [1.29, 1.82) is 0 Å². The van der Waals surface area contributed by atoms with Crippen molar-refractivity contribution in [3.05, 3.63) is 23.8 Å². The summed E-state index contributed by atoms with van der Waals surface area (Å²) in [7, 11) is 0. The lowest BCUT2D eigenvalue weighted by Gasteiger charge is -2.22. The van der Waals surface area contributed by atoms with Gasteiger partial charge in [-0.25, -0.2) is 0 Å². The van der Waals surface area contributed by atoms with Crippen molar-refractivity contribution in [3.8, 4) is 5.75 Å². The maximum atomic E-state index is 12.7. The second kappa shape index (κ2) is 5.28. The molecular formula is C13H17F3N2O. The minimum Gasteiger partial charge on any atom is -0.489 e. The number of benzene rings is 1. The van der Waals surface area contributed by atoms with Crippen molar-refractivity contribution < 1.29 is 17.9 Å². The Labute approximate surface area is 109 Å². The quantitative estimate of drug-likeness (QED) is 0.833. The molecule has 1 aromatic carbocycles. The van der Waals surface area contributed by atoms with E-state index in [2.05, 4.69) is 5.32 Å². The first kappa shape index (κ1) is 14.0. The molecule has 3 N–H and O–H groups in total. The summed E-state index contributed by atoms with van der Waals surface area (Å²) in [5.74, 6) is 0.161. The summed E-state index contributed by atoms with van der Waals surface area (Å²) in [4.78, 5) is 0. The topological polar surface area (TPSA) is 47.3 Å². The van der Waals surface area contributed by atoms with Crippen LogP contribution in [0.4, 0.5) is 18.9 Å². The van der Waals surface area contributed by atoms with Crippen LogP contribution in [0.25, 0.3) is 0 Å². The molecule has 0 aromatic heterocycles. The molecule has 6 heteroatoms. The second-order valence-electron chi connectivity index (χ2n) is 4.81. The molecule has 0 radical (unpaired) electrons. The van der Waals surface area contributed by atoms with Gasteiger partial charge in [-0.2, -0.15) is 13.2 Å². The molecule has 1 aliphatic heterocycles. The zero-order valence-corrected chi connectivity index (χ0v) is 10.6. The maximum absolute atomic E-state index is 12.7. The fourth-order valence-electron chi connectivity index (χ4n) is 2.26. The van der Waals surface area contributed by atoms with Gasteiger partial charge in [-0.05, 0) is 38.4 Å². The Morgan fingerprint density at radius 3 is 2.68 bits per heavy atom. The fourth-order valence-corrected chi connectivity index (χ4v) is 2.26. The van der Waals surface area contributed by atoms with Gasteiger partial charge in [-0.15, -0.1) is 0 Å². The Morgan fingerprint density at radius 1 is 1.37 bits per heavy atom. The Kier molecular flexibility index (Phi) is 3.89. The number of hydrogen-bond acceptors (Lipinski definition) is 3. The minimum absolute atomic E-state index is 0.0522. The van der Waals surface area contributed by atoms with Gasteiger partial charge in [-0.3, -0.25) is 0 Å². The van der Waals surface area contributed by atoms with Gasteiger partial charge < -0.3 is 15.8 Å². The summed E-state index contributed by atoms with van der Waals surface area (Å²) in [6.45, 7) is 2.77. The van der Waals surface area contributed by atoms with Crippen LogP contribution in [0.3, 0.4) is 0 Å². The van der Waals surface area contributed by atoms with Gasteiger partial charge in [0.1, 0.15) is 11.9 Å². The van der Waals surface area contributed by atoms with E-state index in [1.807, 2.05) is 6.92 Å². The molecular weight excluding hydrogens is 257 g/mol. The van der Waals surface area contributed by atoms with E-state index in [1.165, 1.54) is 6.07 Å². The van der Waals surface area contributed by atoms with E-state index in [9.17, 15) is 13.2 Å². The van der Waals surface area contributed by atoms with Crippen molar-refractivity contribution in [2.24, 2.45) is 0 Å². The van der Waals surface area contributed by atoms with E-state index in [4.69, 9.17) is 10.5 Å². The number of anilines is 1. The molecule has 1 unspecified atom stereocenters. The Morgan fingerprint density at radius 2 is 2.11 bits per heavy atom. The van der Waals surface area contributed by atoms with E-state index in [0.29, 0.717) is 0 Å². The Bertz CT molecular complexity index is 442. The molecule has 2 atom stereocenters. The molecule has 1 heterocycles. The summed E-state index contributed by atoms with van der Waals surface area (Å²) in [5, 5.41) is 3.26. The van der Waals surface area contributed by atoms with Gasteiger partial charge in [0, 0.05) is 17.8 Å². The van der Waals surface area contributed by atoms with Crippen molar-refractivity contribution in [2.75, 3.05) is 12.3 Å². The van der Waals surface area contributed by atoms with Crippen molar-refractivity contribution >= 4 is 5.69 Å². The third-order valence-corrected chi connectivity index (χ3v) is 3.24. The smallest absolute Gasteiger partial charge is 0.416 e. The SMILES string of the molecule is C[C@H](Oc1cc(N)cc(C(F)(F)F)c1)C1CCCN1. The molecule has 0 saturated carbocycles. The molecule has 1 fully saturated rings. The van der Waals surface area contributed by atoms with Crippen LogP contribution in [0, 0.1) is 0 Å². The Balaban J connectivity index is 2.13. The van der Waals surface area contributed by atoms with Crippen LogP contribution in [0.1, 0.15) is 25.3 Å². The third-order valence-electron chi connectivity index (χ3n) is 3.24. The maximum Gasteiger partial charge on any atom is 0.416 e. The molecule has 0 amide bonds. The summed E-state index contributed by atoms with van der Waals surface area (Å²) in [5.41, 5.74) is 4.76. The van der Waals surface area contributed by atoms with Crippen LogP contribution < -0.4 is 15.8 Å². The summed E-state index contributed by atoms with van der Waals surface area (Å²) >= 11 is 0. The lowest BCUT2D eigenvalue weighted by Crippen LogP contribution is -2.36. The molecule has 106 valence electrons. The third kappa shape index (κ3) is 3.53. The van der Waals surface area contributed by atoms with Gasteiger partial charge >= 0.3 is 6.18 Å². The molecule has 0 aliphatic carbocycles. The van der Waals surface area contributed by atoms with Crippen LogP contribution in [0.2, 0.25) is 0 Å². The number of halogens is 3. The highest BCUT2D eigenvalue weighted by Crippen LogP contribution is 2.33. The highest BCUT2D eigenvalue weighted by molar-refractivity contribution is 5.48. The highest BCUT2D eigenvalue weighted by Gasteiger charge is 2.31. The predicted octanol–water partition coefficient (Wildman–Crippen LogP) is 2.81. The first-order valence-corrected chi connectivity index (χ1v) is 6.24. The van der Waals surface area contributed by atoms with Gasteiger partial charge in [0.2, 0.25) is 0 Å². The predicted molar refractivity (Wildman–Crippen MR) is 67.0 cm³/mol. The second-order valence-corrected chi connectivity index (χ2v) is 4.81. The van der Waals surface area contributed by atoms with Crippen LogP contribution >= 0.6 is 0 Å². The van der Waals surface area contributed by atoms with Crippen molar-refractivity contribution in [2.45, 2.75) is 38.1 Å². The largest absolute Gasteiger partial charge is 0.489 e. The van der Waals surface area contributed by atoms with E-state index in [0.717, 1.165) is 31.5 Å². The molecule has 19 heavy (non-hydrogen) atoms. The minimum atomic E-state index is -4.41. The van der Waals surface area contributed by atoms with E-state index in [1.54, 1.807) is 0 Å². The first-order chi connectivity index (χ1) is 8.86. The van der Waals surface area contributed by atoms with Crippen LogP contribution in [-0.4, -0.2) is 18.7 Å². The standard InChI is InChI=1S/C13H17F3N2O/c1-8(12-3-2-4-18-12)19-11-6-9(13(14,15)16)5-10(17)7-11/h5-8,12,18H,2-4,17H2,1H3/t8-,12?/m0/s1. The van der Waals surface area contributed by atoms with Crippen molar-refractivity contribution in [3.63, 3.8) is 0 Å². The van der Waals surface area contributed by atoms with Crippen molar-refractivity contribution in [1.82, 2.24) is 5.32 Å². The number of ether oxygens (including phenoxy) is 1. The average Bonchev–Trinajstić information content (AvgIpc) is 2.80.